The van der Waals surface area contributed by atoms with Crippen LogP contribution in [0.2, 0.25) is 0 Å². The van der Waals surface area contributed by atoms with Gasteiger partial charge in [-0.15, -0.1) is 0 Å². The highest BCUT2D eigenvalue weighted by molar-refractivity contribution is 5.97. The monoisotopic (exact) mass is 416 g/mol. The normalized spacial score (nSPS) is 13.0. The van der Waals surface area contributed by atoms with Crippen LogP contribution in [0.3, 0.4) is 0 Å². The number of nitro groups is 1. The van der Waals surface area contributed by atoms with Crippen LogP contribution < -0.4 is 0 Å². The van der Waals surface area contributed by atoms with Crippen LogP contribution in [-0.4, -0.2) is 19.5 Å². The zero-order valence-corrected chi connectivity index (χ0v) is 17.1. The molecule has 0 fully saturated rings. The molecule has 5 rings (SSSR count). The summed E-state index contributed by atoms with van der Waals surface area (Å²) in [5.41, 5.74) is 4.95. The Labute approximate surface area is 178 Å². The lowest BCUT2D eigenvalue weighted by Crippen LogP contribution is -2.01. The van der Waals surface area contributed by atoms with Crippen LogP contribution >= 0.6 is 0 Å². The standard InChI is InChI=1S/C24H21FN4O2/c1-2-6-15-13-18(25)22(29(30)31)14-17(15)24-26-11-10-19(27-24)23-16-7-3-4-8-20(16)28-12-5-9-21(23)28/h3-4,7-8,10-11,13-14H,2,5-6,9,12H2,1H3. The Hall–Kier alpha value is -3.61. The average Bonchev–Trinajstić information content (AvgIpc) is 3.35. The Morgan fingerprint density at radius 3 is 2.87 bits per heavy atom. The Balaban J connectivity index is 1.71. The Bertz CT molecular complexity index is 1330. The zero-order chi connectivity index (χ0) is 21.5. The highest BCUT2D eigenvalue weighted by Crippen LogP contribution is 2.38. The third kappa shape index (κ3) is 3.17. The van der Waals surface area contributed by atoms with Gasteiger partial charge >= 0.3 is 5.69 Å². The van der Waals surface area contributed by atoms with Gasteiger partial charge in [0.05, 0.1) is 10.6 Å². The summed E-state index contributed by atoms with van der Waals surface area (Å²) < 4.78 is 16.6. The third-order valence-electron chi connectivity index (χ3n) is 5.92. The van der Waals surface area contributed by atoms with E-state index in [0.717, 1.165) is 42.5 Å². The fourth-order valence-corrected chi connectivity index (χ4v) is 4.62. The van der Waals surface area contributed by atoms with E-state index in [0.29, 0.717) is 23.4 Å². The summed E-state index contributed by atoms with van der Waals surface area (Å²) in [6.45, 7) is 2.97. The molecule has 4 aromatic rings. The van der Waals surface area contributed by atoms with Crippen molar-refractivity contribution < 1.29 is 9.31 Å². The maximum absolute atomic E-state index is 14.3. The molecule has 0 saturated carbocycles. The van der Waals surface area contributed by atoms with Gasteiger partial charge in [0, 0.05) is 46.5 Å². The maximum atomic E-state index is 14.3. The van der Waals surface area contributed by atoms with E-state index in [9.17, 15) is 14.5 Å². The molecule has 7 heteroatoms. The highest BCUT2D eigenvalue weighted by atomic mass is 19.1. The Kier molecular flexibility index (Phi) is 4.73. The number of halogens is 1. The van der Waals surface area contributed by atoms with E-state index in [1.165, 1.54) is 23.3 Å². The molecule has 1 aliphatic heterocycles. The molecule has 0 saturated heterocycles. The molecule has 6 nitrogen and oxygen atoms in total. The second-order valence-electron chi connectivity index (χ2n) is 7.83. The number of hydrogen-bond donors (Lipinski definition) is 0. The van der Waals surface area contributed by atoms with Crippen LogP contribution in [0.4, 0.5) is 10.1 Å². The van der Waals surface area contributed by atoms with Crippen molar-refractivity contribution in [3.63, 3.8) is 0 Å². The fourth-order valence-electron chi connectivity index (χ4n) is 4.62. The summed E-state index contributed by atoms with van der Waals surface area (Å²) in [5, 5.41) is 12.5. The van der Waals surface area contributed by atoms with E-state index < -0.39 is 16.4 Å². The topological polar surface area (TPSA) is 73.8 Å². The lowest BCUT2D eigenvalue weighted by molar-refractivity contribution is -0.387. The number of nitro benzene ring substituents is 1. The van der Waals surface area contributed by atoms with Crippen molar-refractivity contribution >= 4 is 16.6 Å². The molecular weight excluding hydrogens is 395 g/mol. The first-order valence-corrected chi connectivity index (χ1v) is 10.5. The number of para-hydroxylation sites is 1. The lowest BCUT2D eigenvalue weighted by Gasteiger charge is -2.10. The van der Waals surface area contributed by atoms with E-state index in [4.69, 9.17) is 4.98 Å². The van der Waals surface area contributed by atoms with Gasteiger partial charge in [-0.25, -0.2) is 9.97 Å². The minimum Gasteiger partial charge on any atom is -0.344 e. The first-order chi connectivity index (χ1) is 15.1. The van der Waals surface area contributed by atoms with Crippen molar-refractivity contribution in [2.24, 2.45) is 0 Å². The van der Waals surface area contributed by atoms with E-state index >= 15 is 0 Å². The van der Waals surface area contributed by atoms with Gasteiger partial charge in [-0.3, -0.25) is 10.1 Å². The van der Waals surface area contributed by atoms with Gasteiger partial charge in [0.25, 0.3) is 0 Å². The van der Waals surface area contributed by atoms with Crippen molar-refractivity contribution in [3.8, 4) is 22.6 Å². The van der Waals surface area contributed by atoms with Crippen LogP contribution in [0.5, 0.6) is 0 Å². The van der Waals surface area contributed by atoms with Gasteiger partial charge in [0.1, 0.15) is 0 Å². The van der Waals surface area contributed by atoms with Crippen LogP contribution in [0.15, 0.2) is 48.7 Å². The van der Waals surface area contributed by atoms with E-state index in [1.807, 2.05) is 25.1 Å². The van der Waals surface area contributed by atoms with Gasteiger partial charge in [-0.1, -0.05) is 31.5 Å². The molecule has 1 aliphatic rings. The molecule has 0 radical (unpaired) electrons. The second kappa shape index (κ2) is 7.58. The minimum atomic E-state index is -0.829. The number of nitrogens with zero attached hydrogens (tertiary/aromatic N) is 4. The van der Waals surface area contributed by atoms with Crippen LogP contribution in [0, 0.1) is 15.9 Å². The van der Waals surface area contributed by atoms with Gasteiger partial charge < -0.3 is 4.57 Å². The summed E-state index contributed by atoms with van der Waals surface area (Å²) in [5.74, 6) is -0.448. The fraction of sp³-hybridized carbons (Fsp3) is 0.250. The largest absolute Gasteiger partial charge is 0.344 e. The van der Waals surface area contributed by atoms with Crippen molar-refractivity contribution in [1.29, 1.82) is 0 Å². The molecule has 0 unspecified atom stereocenters. The molecule has 0 aliphatic carbocycles. The Morgan fingerprint density at radius 2 is 2.06 bits per heavy atom. The number of aromatic nitrogens is 3. The summed E-state index contributed by atoms with van der Waals surface area (Å²) in [6.07, 6.45) is 5.11. The van der Waals surface area contributed by atoms with Crippen molar-refractivity contribution in [2.75, 3.05) is 0 Å². The SMILES string of the molecule is CCCc1cc(F)c([N+](=O)[O-])cc1-c1nccc(-c2c3n(c4ccccc24)CCC3)n1. The van der Waals surface area contributed by atoms with Crippen molar-refractivity contribution in [3.05, 3.63) is 75.9 Å². The molecular formula is C24H21FN4O2. The molecule has 0 spiro atoms. The molecule has 2 aromatic heterocycles. The lowest BCUT2D eigenvalue weighted by atomic mass is 10.0. The quantitative estimate of drug-likeness (QED) is 0.308. The number of rotatable bonds is 5. The summed E-state index contributed by atoms with van der Waals surface area (Å²) in [6, 6.07) is 12.7. The molecule has 156 valence electrons. The number of fused-ring (bicyclic) bond motifs is 3. The molecule has 0 amide bonds. The molecule has 0 N–H and O–H groups in total. The van der Waals surface area contributed by atoms with Crippen molar-refractivity contribution in [1.82, 2.24) is 14.5 Å². The smallest absolute Gasteiger partial charge is 0.305 e. The van der Waals surface area contributed by atoms with Gasteiger partial charge in [-0.2, -0.15) is 4.39 Å². The number of benzene rings is 2. The predicted molar refractivity (Wildman–Crippen MR) is 117 cm³/mol. The van der Waals surface area contributed by atoms with Crippen molar-refractivity contribution in [2.45, 2.75) is 39.2 Å². The minimum absolute atomic E-state index is 0.381. The molecule has 0 bridgehead atoms. The second-order valence-corrected chi connectivity index (χ2v) is 7.83. The summed E-state index contributed by atoms with van der Waals surface area (Å²) in [4.78, 5) is 19.8. The maximum Gasteiger partial charge on any atom is 0.305 e. The molecule has 31 heavy (non-hydrogen) atoms. The molecule has 3 heterocycles. The van der Waals surface area contributed by atoms with Crippen LogP contribution in [0.25, 0.3) is 33.5 Å². The third-order valence-corrected chi connectivity index (χ3v) is 5.92. The summed E-state index contributed by atoms with van der Waals surface area (Å²) in [7, 11) is 0. The zero-order valence-electron chi connectivity index (χ0n) is 17.1. The first-order valence-electron chi connectivity index (χ1n) is 10.5. The number of aryl methyl sites for hydroxylation is 2. The molecule has 0 atom stereocenters. The van der Waals surface area contributed by atoms with Crippen LogP contribution in [0.1, 0.15) is 31.0 Å². The number of hydrogen-bond acceptors (Lipinski definition) is 4. The van der Waals surface area contributed by atoms with E-state index in [1.54, 1.807) is 6.20 Å². The van der Waals surface area contributed by atoms with Crippen LogP contribution in [-0.2, 0) is 19.4 Å². The van der Waals surface area contributed by atoms with Gasteiger partial charge in [-0.05, 0) is 43.0 Å². The molecule has 2 aromatic carbocycles. The van der Waals surface area contributed by atoms with Gasteiger partial charge in [0.15, 0.2) is 5.82 Å². The highest BCUT2D eigenvalue weighted by Gasteiger charge is 2.24. The van der Waals surface area contributed by atoms with E-state index in [-0.39, 0.29) is 0 Å². The average molecular weight is 416 g/mol. The first kappa shape index (κ1) is 19.4. The predicted octanol–water partition coefficient (Wildman–Crippen LogP) is 5.71. The van der Waals surface area contributed by atoms with E-state index in [2.05, 4.69) is 21.7 Å². The Morgan fingerprint density at radius 1 is 1.23 bits per heavy atom. The van der Waals surface area contributed by atoms with Gasteiger partial charge in [0.2, 0.25) is 5.82 Å². The summed E-state index contributed by atoms with van der Waals surface area (Å²) >= 11 is 0.